The number of thiophene rings is 2. The highest BCUT2D eigenvalue weighted by molar-refractivity contribution is 8.11. The summed E-state index contributed by atoms with van der Waals surface area (Å²) in [7, 11) is 0. The third kappa shape index (κ3) is 3.83. The molecule has 0 spiro atoms. The van der Waals surface area contributed by atoms with E-state index in [1.54, 1.807) is 0 Å². The summed E-state index contributed by atoms with van der Waals surface area (Å²) in [6.07, 6.45) is 9.28. The van der Waals surface area contributed by atoms with Crippen molar-refractivity contribution in [1.29, 1.82) is 0 Å². The Balaban J connectivity index is 1.35. The molecule has 6 rings (SSSR count). The zero-order valence-electron chi connectivity index (χ0n) is 18.7. The molecule has 2 aliphatic rings. The zero-order chi connectivity index (χ0) is 22.4. The van der Waals surface area contributed by atoms with Crippen molar-refractivity contribution in [1.82, 2.24) is 4.90 Å². The smallest absolute Gasteiger partial charge is 0.280 e. The number of aromatic nitrogens is 1. The molecule has 0 unspecified atom stereocenters. The lowest BCUT2D eigenvalue weighted by Crippen LogP contribution is -2.32. The second kappa shape index (κ2) is 8.91. The fourth-order valence-corrected chi connectivity index (χ4v) is 9.31. The Hall–Kier alpha value is -2.12. The Morgan fingerprint density at radius 3 is 2.79 bits per heavy atom. The quantitative estimate of drug-likeness (QED) is 0.291. The van der Waals surface area contributed by atoms with E-state index in [2.05, 4.69) is 90.1 Å². The average molecular weight is 506 g/mol. The van der Waals surface area contributed by atoms with Crippen LogP contribution < -0.4 is 13.6 Å². The monoisotopic (exact) mass is 505 g/mol. The fourth-order valence-electron chi connectivity index (χ4n) is 4.55. The van der Waals surface area contributed by atoms with E-state index in [0.29, 0.717) is 0 Å². The van der Waals surface area contributed by atoms with Crippen LogP contribution in [0.5, 0.6) is 0 Å². The SMILES string of the molecule is CCN1C2=C(C=CCC2)S/C1=c1\cc/c(=C\c2ccc(-c3sc4ccccc4[n+]3CC)s2)s1. The van der Waals surface area contributed by atoms with Crippen LogP contribution in [0.15, 0.2) is 71.3 Å². The molecule has 2 nitrogen and oxygen atoms in total. The van der Waals surface area contributed by atoms with Gasteiger partial charge in [-0.05, 0) is 63.1 Å². The summed E-state index contributed by atoms with van der Waals surface area (Å²) < 4.78 is 6.49. The molecule has 0 N–H and O–H groups in total. The van der Waals surface area contributed by atoms with E-state index in [0.717, 1.165) is 25.9 Å². The maximum absolute atomic E-state index is 2.52. The molecule has 1 aromatic carbocycles. The van der Waals surface area contributed by atoms with Crippen molar-refractivity contribution in [2.24, 2.45) is 0 Å². The number of hydrogen-bond acceptors (Lipinski definition) is 5. The van der Waals surface area contributed by atoms with Crippen molar-refractivity contribution >= 4 is 67.1 Å². The number of rotatable bonds is 4. The third-order valence-corrected chi connectivity index (χ3v) is 10.8. The first kappa shape index (κ1) is 21.4. The van der Waals surface area contributed by atoms with E-state index in [1.165, 1.54) is 49.7 Å². The van der Waals surface area contributed by atoms with Gasteiger partial charge in [-0.1, -0.05) is 47.4 Å². The number of allylic oxidation sites excluding steroid dienone is 3. The maximum Gasteiger partial charge on any atom is 0.280 e. The number of nitrogens with zero attached hydrogens (tertiary/aromatic N) is 2. The number of benzene rings is 1. The number of thioether (sulfide) groups is 1. The highest BCUT2D eigenvalue weighted by Crippen LogP contribution is 2.45. The van der Waals surface area contributed by atoms with E-state index in [-0.39, 0.29) is 0 Å². The van der Waals surface area contributed by atoms with Gasteiger partial charge in [0.15, 0.2) is 0 Å². The Morgan fingerprint density at radius 2 is 1.91 bits per heavy atom. The molecule has 166 valence electrons. The Morgan fingerprint density at radius 1 is 1.00 bits per heavy atom. The number of hydrogen-bond donors (Lipinski definition) is 0. The van der Waals surface area contributed by atoms with E-state index in [4.69, 9.17) is 0 Å². The molecule has 1 aliphatic heterocycles. The van der Waals surface area contributed by atoms with Gasteiger partial charge >= 0.3 is 0 Å². The Kier molecular flexibility index (Phi) is 5.78. The predicted molar refractivity (Wildman–Crippen MR) is 147 cm³/mol. The van der Waals surface area contributed by atoms with Crippen molar-refractivity contribution in [2.75, 3.05) is 6.54 Å². The summed E-state index contributed by atoms with van der Waals surface area (Å²) >= 11 is 7.63. The molecule has 4 aromatic rings. The van der Waals surface area contributed by atoms with Crippen LogP contribution in [0.25, 0.3) is 31.2 Å². The topological polar surface area (TPSA) is 7.12 Å². The lowest BCUT2D eigenvalue weighted by Gasteiger charge is -2.21. The van der Waals surface area contributed by atoms with Crippen LogP contribution >= 0.6 is 45.8 Å². The Bertz CT molecular complexity index is 1530. The minimum Gasteiger partial charge on any atom is -0.338 e. The minimum absolute atomic E-state index is 0.988. The summed E-state index contributed by atoms with van der Waals surface area (Å²) in [6.45, 7) is 6.52. The number of para-hydroxylation sites is 1. The van der Waals surface area contributed by atoms with Crippen LogP contribution in [0, 0.1) is 0 Å². The molecule has 4 heterocycles. The summed E-state index contributed by atoms with van der Waals surface area (Å²) in [5, 5.41) is 2.76. The largest absolute Gasteiger partial charge is 0.338 e. The van der Waals surface area contributed by atoms with Crippen molar-refractivity contribution in [2.45, 2.75) is 33.2 Å². The first-order chi connectivity index (χ1) is 16.2. The average Bonchev–Trinajstić information content (AvgIpc) is 3.62. The van der Waals surface area contributed by atoms with Gasteiger partial charge in [0.05, 0.1) is 9.56 Å². The van der Waals surface area contributed by atoms with Gasteiger partial charge in [0.2, 0.25) is 5.52 Å². The van der Waals surface area contributed by atoms with Crippen LogP contribution in [0.3, 0.4) is 0 Å². The Labute approximate surface area is 210 Å². The van der Waals surface area contributed by atoms with Gasteiger partial charge in [-0.3, -0.25) is 0 Å². The molecule has 0 saturated carbocycles. The van der Waals surface area contributed by atoms with Crippen LogP contribution in [-0.2, 0) is 6.54 Å². The molecular formula is C27H25N2S4+. The molecule has 3 aromatic heterocycles. The van der Waals surface area contributed by atoms with Gasteiger partial charge in [-0.15, -0.1) is 22.7 Å². The van der Waals surface area contributed by atoms with Crippen molar-refractivity contribution < 1.29 is 4.57 Å². The lowest BCUT2D eigenvalue weighted by atomic mass is 10.1. The van der Waals surface area contributed by atoms with Crippen LogP contribution in [0.1, 0.15) is 31.6 Å². The van der Waals surface area contributed by atoms with Crippen molar-refractivity contribution in [3.63, 3.8) is 0 Å². The van der Waals surface area contributed by atoms with Gasteiger partial charge in [0.25, 0.3) is 5.01 Å². The van der Waals surface area contributed by atoms with Gasteiger partial charge in [-0.2, -0.15) is 4.57 Å². The predicted octanol–water partition coefficient (Wildman–Crippen LogP) is 6.52. The number of fused-ring (bicyclic) bond motifs is 1. The maximum atomic E-state index is 2.52. The van der Waals surface area contributed by atoms with Crippen LogP contribution in [-0.4, -0.2) is 11.4 Å². The highest BCUT2D eigenvalue weighted by Gasteiger charge is 2.27. The summed E-state index contributed by atoms with van der Waals surface area (Å²) in [4.78, 5) is 6.62. The van der Waals surface area contributed by atoms with Crippen LogP contribution in [0.2, 0.25) is 0 Å². The molecular weight excluding hydrogens is 481 g/mol. The first-order valence-corrected chi connectivity index (χ1v) is 14.7. The molecule has 0 saturated heterocycles. The standard InChI is InChI=1S/C27H25N2S4/c1-3-28-20-9-5-7-11-22(20)32-26(28)24-15-13-18(30-24)17-19-14-16-25(31-19)27-29(4-2)21-10-6-8-12-23(21)33-27/h5,7-9,11-17H,3-4,6,10H2,1-2H3/q+1. The lowest BCUT2D eigenvalue weighted by molar-refractivity contribution is -0.652. The molecule has 0 bridgehead atoms. The fraction of sp³-hybridized carbons (Fsp3) is 0.222. The summed E-state index contributed by atoms with van der Waals surface area (Å²) in [5.74, 6) is 0. The molecule has 33 heavy (non-hydrogen) atoms. The van der Waals surface area contributed by atoms with E-state index in [1.807, 2.05) is 45.8 Å². The second-order valence-corrected chi connectivity index (χ2v) is 12.4. The second-order valence-electron chi connectivity index (χ2n) is 8.07. The highest BCUT2D eigenvalue weighted by atomic mass is 32.2. The van der Waals surface area contributed by atoms with Crippen molar-refractivity contribution in [3.05, 3.63) is 85.2 Å². The molecule has 1 aliphatic carbocycles. The molecule has 0 radical (unpaired) electrons. The van der Waals surface area contributed by atoms with Gasteiger partial charge in [0.1, 0.15) is 16.1 Å². The van der Waals surface area contributed by atoms with Crippen LogP contribution in [0.4, 0.5) is 0 Å². The summed E-state index contributed by atoms with van der Waals surface area (Å²) in [5.41, 5.74) is 2.84. The van der Waals surface area contributed by atoms with Gasteiger partial charge in [-0.25, -0.2) is 0 Å². The van der Waals surface area contributed by atoms with E-state index >= 15 is 0 Å². The van der Waals surface area contributed by atoms with Gasteiger partial charge in [0, 0.05) is 32.6 Å². The number of thiazole rings is 1. The first-order valence-electron chi connectivity index (χ1n) is 11.4. The minimum atomic E-state index is 0.988. The van der Waals surface area contributed by atoms with Gasteiger partial charge < -0.3 is 4.90 Å². The molecule has 0 atom stereocenters. The van der Waals surface area contributed by atoms with E-state index in [9.17, 15) is 0 Å². The molecule has 0 amide bonds. The summed E-state index contributed by atoms with van der Waals surface area (Å²) in [6, 6.07) is 17.9. The molecule has 0 fully saturated rings. The molecule has 6 heteroatoms. The van der Waals surface area contributed by atoms with Crippen molar-refractivity contribution in [3.8, 4) is 9.88 Å². The zero-order valence-corrected chi connectivity index (χ0v) is 22.0. The van der Waals surface area contributed by atoms with E-state index < -0.39 is 0 Å². The third-order valence-electron chi connectivity index (χ3n) is 6.08. The normalized spacial score (nSPS) is 18.1. The number of aryl methyl sites for hydroxylation is 1.